The van der Waals surface area contributed by atoms with Crippen LogP contribution in [0.4, 0.5) is 0 Å². The highest BCUT2D eigenvalue weighted by Crippen LogP contribution is 2.06. The number of nitrogens with zero attached hydrogens (tertiary/aromatic N) is 1. The zero-order valence-electron chi connectivity index (χ0n) is 11.7. The number of hydrogen-bond acceptors (Lipinski definition) is 3. The van der Waals surface area contributed by atoms with Crippen molar-refractivity contribution in [3.63, 3.8) is 0 Å². The summed E-state index contributed by atoms with van der Waals surface area (Å²) in [6.45, 7) is -0.114. The zero-order chi connectivity index (χ0) is 14.8. The van der Waals surface area contributed by atoms with Crippen LogP contribution in [0.25, 0.3) is 0 Å². The molecule has 20 heavy (non-hydrogen) atoms. The van der Waals surface area contributed by atoms with Crippen LogP contribution < -0.4 is 5.32 Å². The molecule has 2 amide bonds. The van der Waals surface area contributed by atoms with E-state index in [0.29, 0.717) is 19.1 Å². The number of carbonyl (C=O) groups is 3. The molecule has 0 aliphatic rings. The fourth-order valence-electron chi connectivity index (χ4n) is 1.84. The fourth-order valence-corrected chi connectivity index (χ4v) is 1.84. The van der Waals surface area contributed by atoms with Crippen molar-refractivity contribution in [2.24, 2.45) is 0 Å². The Morgan fingerprint density at radius 2 is 1.95 bits per heavy atom. The monoisotopic (exact) mass is 276 g/mol. The van der Waals surface area contributed by atoms with Gasteiger partial charge in [-0.15, -0.1) is 0 Å². The minimum Gasteiger partial charge on any atom is -0.358 e. The van der Waals surface area contributed by atoms with E-state index in [4.69, 9.17) is 0 Å². The molecule has 0 atom stereocenters. The van der Waals surface area contributed by atoms with Crippen LogP contribution in [0.15, 0.2) is 30.3 Å². The van der Waals surface area contributed by atoms with E-state index in [1.165, 1.54) is 17.5 Å². The summed E-state index contributed by atoms with van der Waals surface area (Å²) in [4.78, 5) is 35.1. The van der Waals surface area contributed by atoms with Crippen LogP contribution in [0.1, 0.15) is 18.4 Å². The van der Waals surface area contributed by atoms with Crippen LogP contribution in [0.5, 0.6) is 0 Å². The fraction of sp³-hybridized carbons (Fsp3) is 0.400. The van der Waals surface area contributed by atoms with Gasteiger partial charge in [0.05, 0.1) is 13.1 Å². The van der Waals surface area contributed by atoms with Crippen molar-refractivity contribution in [3.8, 4) is 0 Å². The minimum atomic E-state index is -0.275. The number of benzene rings is 1. The number of amides is 2. The standard InChI is InChI=1S/C15H20N2O3/c1-16-14(19)12-17(10-11-18)15(20)9-5-8-13-6-3-2-4-7-13/h2-4,6-7,11H,5,8-10,12H2,1H3,(H,16,19). The molecule has 0 fully saturated rings. The summed E-state index contributed by atoms with van der Waals surface area (Å²) >= 11 is 0. The first-order valence-electron chi connectivity index (χ1n) is 6.63. The lowest BCUT2D eigenvalue weighted by atomic mass is 10.1. The molecule has 0 saturated carbocycles. The summed E-state index contributed by atoms with van der Waals surface area (Å²) in [7, 11) is 1.50. The molecule has 0 spiro atoms. The van der Waals surface area contributed by atoms with Crippen molar-refractivity contribution >= 4 is 18.1 Å². The molecule has 5 heteroatoms. The number of rotatable bonds is 8. The molecule has 0 bridgehead atoms. The van der Waals surface area contributed by atoms with Gasteiger partial charge < -0.3 is 15.0 Å². The van der Waals surface area contributed by atoms with Crippen molar-refractivity contribution in [1.82, 2.24) is 10.2 Å². The SMILES string of the molecule is CNC(=O)CN(CC=O)C(=O)CCCc1ccccc1. The van der Waals surface area contributed by atoms with Gasteiger partial charge in [0, 0.05) is 13.5 Å². The third kappa shape index (κ3) is 5.65. The van der Waals surface area contributed by atoms with Crippen LogP contribution in [-0.4, -0.2) is 43.1 Å². The number of aldehydes is 1. The van der Waals surface area contributed by atoms with Gasteiger partial charge in [0.15, 0.2) is 0 Å². The molecule has 0 aliphatic carbocycles. The van der Waals surface area contributed by atoms with Crippen molar-refractivity contribution in [2.45, 2.75) is 19.3 Å². The van der Waals surface area contributed by atoms with Crippen LogP contribution in [0.2, 0.25) is 0 Å². The van der Waals surface area contributed by atoms with E-state index in [1.807, 2.05) is 30.3 Å². The summed E-state index contributed by atoms with van der Waals surface area (Å²) in [5, 5.41) is 2.44. The van der Waals surface area contributed by atoms with Gasteiger partial charge in [-0.25, -0.2) is 0 Å². The van der Waals surface area contributed by atoms with Crippen molar-refractivity contribution in [2.75, 3.05) is 20.1 Å². The van der Waals surface area contributed by atoms with Gasteiger partial charge >= 0.3 is 0 Å². The van der Waals surface area contributed by atoms with Crippen LogP contribution in [0.3, 0.4) is 0 Å². The number of hydrogen-bond donors (Lipinski definition) is 1. The Morgan fingerprint density at radius 1 is 1.25 bits per heavy atom. The topological polar surface area (TPSA) is 66.5 Å². The summed E-state index contributed by atoms with van der Waals surface area (Å²) < 4.78 is 0. The maximum atomic E-state index is 12.0. The maximum absolute atomic E-state index is 12.0. The molecule has 0 saturated heterocycles. The van der Waals surface area contributed by atoms with Crippen LogP contribution in [0, 0.1) is 0 Å². The van der Waals surface area contributed by atoms with E-state index in [0.717, 1.165) is 6.42 Å². The summed E-state index contributed by atoms with van der Waals surface area (Å²) in [5.74, 6) is -0.445. The van der Waals surface area contributed by atoms with Crippen molar-refractivity contribution in [1.29, 1.82) is 0 Å². The number of likely N-dealkylation sites (N-methyl/N-ethyl adjacent to an activating group) is 1. The lowest BCUT2D eigenvalue weighted by molar-refractivity contribution is -0.137. The second-order valence-electron chi connectivity index (χ2n) is 4.45. The average molecular weight is 276 g/mol. The quantitative estimate of drug-likeness (QED) is 0.714. The summed E-state index contributed by atoms with van der Waals surface area (Å²) in [6.07, 6.45) is 2.48. The first-order chi connectivity index (χ1) is 9.67. The maximum Gasteiger partial charge on any atom is 0.239 e. The highest BCUT2D eigenvalue weighted by molar-refractivity contribution is 5.85. The lowest BCUT2D eigenvalue weighted by Crippen LogP contribution is -2.40. The molecule has 1 rings (SSSR count). The lowest BCUT2D eigenvalue weighted by Gasteiger charge is -2.19. The number of aryl methyl sites for hydroxylation is 1. The second kappa shape index (κ2) is 8.85. The largest absolute Gasteiger partial charge is 0.358 e. The predicted octanol–water partition coefficient (Wildman–Crippen LogP) is 0.783. The molecule has 0 heterocycles. The molecule has 5 nitrogen and oxygen atoms in total. The van der Waals surface area contributed by atoms with Gasteiger partial charge in [-0.3, -0.25) is 9.59 Å². The molecule has 1 N–H and O–H groups in total. The van der Waals surface area contributed by atoms with E-state index >= 15 is 0 Å². The Hall–Kier alpha value is -2.17. The number of nitrogens with one attached hydrogen (secondary N) is 1. The Bertz CT molecular complexity index is 446. The third-order valence-corrected chi connectivity index (χ3v) is 2.96. The van der Waals surface area contributed by atoms with Crippen LogP contribution in [-0.2, 0) is 20.8 Å². The number of carbonyl (C=O) groups excluding carboxylic acids is 3. The second-order valence-corrected chi connectivity index (χ2v) is 4.45. The molecular weight excluding hydrogens is 256 g/mol. The average Bonchev–Trinajstić information content (AvgIpc) is 2.47. The highest BCUT2D eigenvalue weighted by atomic mass is 16.2. The van der Waals surface area contributed by atoms with Gasteiger partial charge in [0.25, 0.3) is 0 Å². The Morgan fingerprint density at radius 3 is 2.55 bits per heavy atom. The normalized spacial score (nSPS) is 9.85. The first-order valence-corrected chi connectivity index (χ1v) is 6.63. The van der Waals surface area contributed by atoms with Crippen molar-refractivity contribution < 1.29 is 14.4 Å². The van der Waals surface area contributed by atoms with E-state index in [1.54, 1.807) is 0 Å². The summed E-state index contributed by atoms with van der Waals surface area (Å²) in [5.41, 5.74) is 1.17. The molecular formula is C15H20N2O3. The molecule has 108 valence electrons. The van der Waals surface area contributed by atoms with Crippen LogP contribution >= 0.6 is 0 Å². The van der Waals surface area contributed by atoms with Gasteiger partial charge in [-0.1, -0.05) is 30.3 Å². The van der Waals surface area contributed by atoms with E-state index in [9.17, 15) is 14.4 Å². The Labute approximate surface area is 119 Å². The van der Waals surface area contributed by atoms with Gasteiger partial charge in [-0.05, 0) is 18.4 Å². The zero-order valence-corrected chi connectivity index (χ0v) is 11.7. The molecule has 0 radical (unpaired) electrons. The molecule has 0 aliphatic heterocycles. The Balaban J connectivity index is 2.41. The minimum absolute atomic E-state index is 0.0441. The summed E-state index contributed by atoms with van der Waals surface area (Å²) in [6, 6.07) is 9.89. The van der Waals surface area contributed by atoms with E-state index in [2.05, 4.69) is 5.32 Å². The Kier molecular flexibility index (Phi) is 7.03. The van der Waals surface area contributed by atoms with E-state index in [-0.39, 0.29) is 24.9 Å². The third-order valence-electron chi connectivity index (χ3n) is 2.96. The highest BCUT2D eigenvalue weighted by Gasteiger charge is 2.15. The molecule has 1 aromatic carbocycles. The van der Waals surface area contributed by atoms with E-state index < -0.39 is 0 Å². The predicted molar refractivity (Wildman–Crippen MR) is 76.1 cm³/mol. The smallest absolute Gasteiger partial charge is 0.239 e. The van der Waals surface area contributed by atoms with Gasteiger partial charge in [-0.2, -0.15) is 0 Å². The first kappa shape index (κ1) is 15.9. The molecule has 0 unspecified atom stereocenters. The van der Waals surface area contributed by atoms with Gasteiger partial charge in [0.2, 0.25) is 11.8 Å². The molecule has 1 aromatic rings. The van der Waals surface area contributed by atoms with Crippen molar-refractivity contribution in [3.05, 3.63) is 35.9 Å². The van der Waals surface area contributed by atoms with Gasteiger partial charge in [0.1, 0.15) is 6.29 Å². The molecule has 0 aromatic heterocycles.